The van der Waals surface area contributed by atoms with Crippen LogP contribution in [0, 0.1) is 12.8 Å². The maximum Gasteiger partial charge on any atom is 0.490 e. The third kappa shape index (κ3) is 10.1. The van der Waals surface area contributed by atoms with Crippen molar-refractivity contribution in [1.82, 2.24) is 15.1 Å². The molecule has 2 aliphatic heterocycles. The van der Waals surface area contributed by atoms with Crippen LogP contribution in [-0.4, -0.2) is 87.5 Å². The normalized spacial score (nSPS) is 24.2. The number of alkyl halides is 6. The molecule has 1 spiro atoms. The van der Waals surface area contributed by atoms with Crippen LogP contribution < -0.4 is 5.32 Å². The summed E-state index contributed by atoms with van der Waals surface area (Å²) in [7, 11) is 0. The van der Waals surface area contributed by atoms with Gasteiger partial charge in [0.25, 0.3) is 0 Å². The third-order valence-electron chi connectivity index (χ3n) is 5.68. The molecule has 3 fully saturated rings. The maximum atomic E-state index is 10.6. The van der Waals surface area contributed by atoms with Crippen LogP contribution in [0.25, 0.3) is 0 Å². The van der Waals surface area contributed by atoms with Crippen molar-refractivity contribution < 1.29 is 50.9 Å². The van der Waals surface area contributed by atoms with Gasteiger partial charge in [-0.15, -0.1) is 5.10 Å². The summed E-state index contributed by atoms with van der Waals surface area (Å²) in [6.45, 7) is 6.39. The summed E-state index contributed by atoms with van der Waals surface area (Å²) in [5.41, 5.74) is 1.02. The number of aromatic nitrogens is 2. The minimum Gasteiger partial charge on any atom is -0.475 e. The Hall–Kier alpha value is -2.68. The highest BCUT2D eigenvalue weighted by Crippen LogP contribution is 2.37. The van der Waals surface area contributed by atoms with E-state index in [1.54, 1.807) is 0 Å². The number of hydrogen-bond acceptors (Lipinski definition) is 7. The predicted molar refractivity (Wildman–Crippen MR) is 113 cm³/mol. The van der Waals surface area contributed by atoms with Gasteiger partial charge in [-0.2, -0.15) is 31.4 Å². The van der Waals surface area contributed by atoms with Gasteiger partial charge in [0.05, 0.1) is 23.9 Å². The second kappa shape index (κ2) is 12.0. The molecule has 1 aromatic rings. The van der Waals surface area contributed by atoms with Crippen molar-refractivity contribution in [2.45, 2.75) is 63.0 Å². The highest BCUT2D eigenvalue weighted by Gasteiger charge is 2.44. The summed E-state index contributed by atoms with van der Waals surface area (Å²) >= 11 is 0. The van der Waals surface area contributed by atoms with Crippen molar-refractivity contribution >= 4 is 17.8 Å². The molecule has 3 aliphatic rings. The lowest BCUT2D eigenvalue weighted by molar-refractivity contribution is -0.193. The van der Waals surface area contributed by atoms with E-state index < -0.39 is 24.3 Å². The zero-order chi connectivity index (χ0) is 27.1. The van der Waals surface area contributed by atoms with Crippen LogP contribution in [0.3, 0.4) is 0 Å². The van der Waals surface area contributed by atoms with Crippen LogP contribution in [0.4, 0.5) is 32.2 Å². The van der Waals surface area contributed by atoms with Gasteiger partial charge < -0.3 is 25.2 Å². The Morgan fingerprint density at radius 3 is 2.17 bits per heavy atom. The number of carboxylic acids is 2. The molecule has 9 nitrogen and oxygen atoms in total. The van der Waals surface area contributed by atoms with Crippen LogP contribution in [0.5, 0.6) is 0 Å². The first kappa shape index (κ1) is 29.5. The molecular weight excluding hydrogens is 502 g/mol. The molecule has 2 unspecified atom stereocenters. The Kier molecular flexibility index (Phi) is 9.88. The number of ether oxygens (including phenoxy) is 1. The number of piperidine rings is 1. The second-order valence-electron chi connectivity index (χ2n) is 8.99. The van der Waals surface area contributed by atoms with Crippen molar-refractivity contribution in [2.24, 2.45) is 5.92 Å². The van der Waals surface area contributed by atoms with Crippen LogP contribution in [0.15, 0.2) is 12.1 Å². The fourth-order valence-electron chi connectivity index (χ4n) is 3.92. The van der Waals surface area contributed by atoms with E-state index in [1.165, 1.54) is 38.8 Å². The van der Waals surface area contributed by atoms with E-state index >= 15 is 0 Å². The first-order chi connectivity index (χ1) is 16.6. The van der Waals surface area contributed by atoms with Gasteiger partial charge in [-0.05, 0) is 57.2 Å². The molecule has 0 amide bonds. The number of aliphatic carboxylic acids is 2. The number of nitrogens with one attached hydrogen (secondary N) is 1. The quantitative estimate of drug-likeness (QED) is 0.502. The Morgan fingerprint density at radius 2 is 1.69 bits per heavy atom. The number of carbonyl (C=O) groups is 2. The van der Waals surface area contributed by atoms with Crippen molar-refractivity contribution in [3.05, 3.63) is 17.8 Å². The summed E-state index contributed by atoms with van der Waals surface area (Å²) in [5, 5.41) is 26.1. The molecule has 0 radical (unpaired) electrons. The van der Waals surface area contributed by atoms with E-state index in [-0.39, 0.29) is 5.60 Å². The molecule has 4 rings (SSSR count). The zero-order valence-electron chi connectivity index (χ0n) is 19.4. The SMILES string of the molecule is Cc1ccc(NC2COC3(CCCN(CC4CC4)C3)C2)nn1.O=C(O)C(F)(F)F.O=C(O)C(F)(F)F. The van der Waals surface area contributed by atoms with Gasteiger partial charge in [-0.25, -0.2) is 9.59 Å². The van der Waals surface area contributed by atoms with E-state index in [0.29, 0.717) is 6.04 Å². The number of rotatable bonds is 4. The molecule has 2 atom stereocenters. The van der Waals surface area contributed by atoms with E-state index in [2.05, 4.69) is 20.4 Å². The minimum atomic E-state index is -5.08. The average molecular weight is 530 g/mol. The van der Waals surface area contributed by atoms with Crippen LogP contribution in [0.2, 0.25) is 0 Å². The summed E-state index contributed by atoms with van der Waals surface area (Å²) in [6, 6.07) is 4.37. The van der Waals surface area contributed by atoms with Crippen LogP contribution >= 0.6 is 0 Å². The second-order valence-corrected chi connectivity index (χ2v) is 8.99. The van der Waals surface area contributed by atoms with Crippen LogP contribution in [0.1, 0.15) is 37.8 Å². The summed E-state index contributed by atoms with van der Waals surface area (Å²) in [5.74, 6) is -3.68. The fraction of sp³-hybridized carbons (Fsp3) is 0.714. The highest BCUT2D eigenvalue weighted by atomic mass is 19.4. The van der Waals surface area contributed by atoms with E-state index in [9.17, 15) is 26.3 Å². The summed E-state index contributed by atoms with van der Waals surface area (Å²) in [6.07, 6.45) is -3.75. The Bertz CT molecular complexity index is 855. The van der Waals surface area contributed by atoms with Crippen molar-refractivity contribution in [2.75, 3.05) is 31.6 Å². The average Bonchev–Trinajstić information content (AvgIpc) is 3.50. The molecule has 1 aliphatic carbocycles. The molecule has 3 N–H and O–H groups in total. The number of hydrogen-bond donors (Lipinski definition) is 3. The molecule has 2 saturated heterocycles. The fourth-order valence-corrected chi connectivity index (χ4v) is 3.92. The van der Waals surface area contributed by atoms with Gasteiger partial charge in [0, 0.05) is 19.5 Å². The first-order valence-electron chi connectivity index (χ1n) is 11.1. The predicted octanol–water partition coefficient (Wildman–Crippen LogP) is 3.50. The Labute approximate surface area is 202 Å². The minimum absolute atomic E-state index is 0.0724. The number of anilines is 1. The number of aryl methyl sites for hydroxylation is 1. The summed E-state index contributed by atoms with van der Waals surface area (Å²) in [4.78, 5) is 20.4. The zero-order valence-corrected chi connectivity index (χ0v) is 19.4. The van der Waals surface area contributed by atoms with Crippen molar-refractivity contribution in [3.63, 3.8) is 0 Å². The standard InChI is InChI=1S/C17H26N4O.2C2HF3O2/c1-13-3-6-16(20-19-13)18-15-9-17(22-11-15)7-2-8-21(12-17)10-14-4-5-14;2*3-2(4,5)1(6)7/h3,6,14-15H,2,4-5,7-12H2,1H3,(H,18,20);2*(H,6,7). The molecule has 0 aromatic carbocycles. The number of nitrogens with zero attached hydrogens (tertiary/aromatic N) is 3. The largest absolute Gasteiger partial charge is 0.490 e. The monoisotopic (exact) mass is 530 g/mol. The molecule has 36 heavy (non-hydrogen) atoms. The van der Waals surface area contributed by atoms with E-state index in [0.717, 1.165) is 37.0 Å². The van der Waals surface area contributed by atoms with Crippen molar-refractivity contribution in [1.29, 1.82) is 0 Å². The van der Waals surface area contributed by atoms with Crippen molar-refractivity contribution in [3.8, 4) is 0 Å². The maximum absolute atomic E-state index is 10.6. The van der Waals surface area contributed by atoms with E-state index in [4.69, 9.17) is 24.5 Å². The molecule has 1 aromatic heterocycles. The number of halogens is 6. The topological polar surface area (TPSA) is 125 Å². The lowest BCUT2D eigenvalue weighted by atomic mass is 9.88. The molecule has 0 bridgehead atoms. The molecule has 15 heteroatoms. The first-order valence-corrected chi connectivity index (χ1v) is 11.1. The Morgan fingerprint density at radius 1 is 1.11 bits per heavy atom. The van der Waals surface area contributed by atoms with Crippen LogP contribution in [-0.2, 0) is 14.3 Å². The number of carboxylic acid groups (broad SMARTS) is 2. The number of likely N-dealkylation sites (tertiary alicyclic amines) is 1. The highest BCUT2D eigenvalue weighted by molar-refractivity contribution is 5.73. The van der Waals surface area contributed by atoms with E-state index in [1.807, 2.05) is 19.1 Å². The molecule has 3 heterocycles. The van der Waals surface area contributed by atoms with Gasteiger partial charge in [-0.3, -0.25) is 0 Å². The molecular formula is C21H28F6N4O5. The lowest BCUT2D eigenvalue weighted by Gasteiger charge is -2.39. The molecule has 204 valence electrons. The smallest absolute Gasteiger partial charge is 0.475 e. The lowest BCUT2D eigenvalue weighted by Crippen LogP contribution is -2.48. The van der Waals surface area contributed by atoms with Gasteiger partial charge in [0.1, 0.15) is 5.82 Å². The van der Waals surface area contributed by atoms with Gasteiger partial charge in [0.2, 0.25) is 0 Å². The van der Waals surface area contributed by atoms with Gasteiger partial charge >= 0.3 is 24.3 Å². The van der Waals surface area contributed by atoms with Gasteiger partial charge in [0.15, 0.2) is 0 Å². The Balaban J connectivity index is 0.000000271. The molecule has 1 saturated carbocycles. The van der Waals surface area contributed by atoms with Gasteiger partial charge in [-0.1, -0.05) is 0 Å². The summed E-state index contributed by atoms with van der Waals surface area (Å²) < 4.78 is 69.7. The third-order valence-corrected chi connectivity index (χ3v) is 5.68.